The Morgan fingerprint density at radius 1 is 0.750 bits per heavy atom. The zero-order valence-corrected chi connectivity index (χ0v) is 9.56. The van der Waals surface area contributed by atoms with Crippen molar-refractivity contribution in [3.05, 3.63) is 0 Å². The van der Waals surface area contributed by atoms with Gasteiger partial charge in [0.2, 0.25) is 0 Å². The lowest BCUT2D eigenvalue weighted by Gasteiger charge is -2.06. The van der Waals surface area contributed by atoms with Crippen molar-refractivity contribution in [1.82, 2.24) is 0 Å². The fraction of sp³-hybridized carbons (Fsp3) is 0.900. The van der Waals surface area contributed by atoms with E-state index in [0.717, 1.165) is 6.29 Å². The molecule has 0 radical (unpaired) electrons. The first kappa shape index (κ1) is 15.5. The van der Waals surface area contributed by atoms with Gasteiger partial charge in [0.05, 0.1) is 53.0 Å². The van der Waals surface area contributed by atoms with E-state index >= 15 is 0 Å². The van der Waals surface area contributed by atoms with Crippen molar-refractivity contribution in [3.8, 4) is 0 Å². The summed E-state index contributed by atoms with van der Waals surface area (Å²) < 4.78 is 20.4. The number of hydrogen-bond donors (Lipinski definition) is 1. The van der Waals surface area contributed by atoms with Crippen molar-refractivity contribution in [2.45, 2.75) is 6.42 Å². The molecule has 0 amide bonds. The minimum Gasteiger partial charge on any atom is -0.379 e. The van der Waals surface area contributed by atoms with Crippen LogP contribution in [0.25, 0.3) is 0 Å². The summed E-state index contributed by atoms with van der Waals surface area (Å²) >= 11 is 0. The zero-order valence-electron chi connectivity index (χ0n) is 9.56. The number of hydrogen-bond acceptors (Lipinski definition) is 6. The fourth-order valence-electron chi connectivity index (χ4n) is 0.875. The van der Waals surface area contributed by atoms with Crippen molar-refractivity contribution in [2.75, 3.05) is 53.0 Å². The Balaban J connectivity index is 2.85. The Labute approximate surface area is 96.0 Å². The number of nitrogens with two attached hydrogens (primary N) is 1. The van der Waals surface area contributed by atoms with Crippen molar-refractivity contribution in [3.63, 3.8) is 0 Å². The van der Waals surface area contributed by atoms with E-state index in [0.29, 0.717) is 52.7 Å². The molecule has 0 spiro atoms. The van der Waals surface area contributed by atoms with Gasteiger partial charge in [0.1, 0.15) is 6.29 Å². The standard InChI is InChI=1S/C10H21NO5/c11-10-16-9-8-15-7-6-14-5-4-13-3-1-2-12/h2H,1,3-11H2. The second kappa shape index (κ2) is 14.5. The van der Waals surface area contributed by atoms with Crippen LogP contribution < -0.4 is 5.73 Å². The van der Waals surface area contributed by atoms with Gasteiger partial charge in [-0.25, -0.2) is 0 Å². The van der Waals surface area contributed by atoms with Crippen LogP contribution in [-0.4, -0.2) is 59.3 Å². The van der Waals surface area contributed by atoms with Gasteiger partial charge in [0.15, 0.2) is 0 Å². The van der Waals surface area contributed by atoms with Gasteiger partial charge in [-0.2, -0.15) is 0 Å². The predicted octanol–water partition coefficient (Wildman–Crippen LogP) is -0.442. The van der Waals surface area contributed by atoms with Crippen LogP contribution in [0.3, 0.4) is 0 Å². The van der Waals surface area contributed by atoms with E-state index < -0.39 is 0 Å². The molecule has 0 saturated carbocycles. The van der Waals surface area contributed by atoms with Gasteiger partial charge >= 0.3 is 0 Å². The lowest BCUT2D eigenvalue weighted by molar-refractivity contribution is -0.108. The van der Waals surface area contributed by atoms with Gasteiger partial charge in [0.25, 0.3) is 0 Å². The molecule has 6 nitrogen and oxygen atoms in total. The molecule has 0 aliphatic rings. The monoisotopic (exact) mass is 235 g/mol. The number of ether oxygens (including phenoxy) is 4. The van der Waals surface area contributed by atoms with E-state index in [1.54, 1.807) is 0 Å². The Morgan fingerprint density at radius 3 is 1.62 bits per heavy atom. The Morgan fingerprint density at radius 2 is 1.19 bits per heavy atom. The van der Waals surface area contributed by atoms with Crippen LogP contribution in [0.5, 0.6) is 0 Å². The number of aldehydes is 1. The SMILES string of the molecule is NCOCCOCCOCCOCCC=O. The first-order chi connectivity index (χ1) is 7.91. The molecule has 0 bridgehead atoms. The topological polar surface area (TPSA) is 80.0 Å². The highest BCUT2D eigenvalue weighted by Crippen LogP contribution is 1.83. The number of carbonyl (C=O) groups excluding carboxylic acids is 1. The van der Waals surface area contributed by atoms with Crippen LogP contribution in [0, 0.1) is 0 Å². The van der Waals surface area contributed by atoms with E-state index in [9.17, 15) is 4.79 Å². The van der Waals surface area contributed by atoms with Gasteiger partial charge in [-0.1, -0.05) is 0 Å². The smallest absolute Gasteiger partial charge is 0.122 e. The minimum atomic E-state index is 0.220. The summed E-state index contributed by atoms with van der Waals surface area (Å²) in [6.07, 6.45) is 1.27. The first-order valence-corrected chi connectivity index (χ1v) is 5.36. The summed E-state index contributed by atoms with van der Waals surface area (Å²) in [6.45, 7) is 3.78. The third-order valence-corrected chi connectivity index (χ3v) is 1.61. The molecule has 0 unspecified atom stereocenters. The van der Waals surface area contributed by atoms with E-state index in [4.69, 9.17) is 24.7 Å². The van der Waals surface area contributed by atoms with E-state index in [-0.39, 0.29) is 6.73 Å². The third kappa shape index (κ3) is 13.5. The molecule has 2 N–H and O–H groups in total. The van der Waals surface area contributed by atoms with E-state index in [1.165, 1.54) is 0 Å². The number of rotatable bonds is 13. The van der Waals surface area contributed by atoms with Crippen LogP contribution in [0.4, 0.5) is 0 Å². The van der Waals surface area contributed by atoms with Crippen molar-refractivity contribution in [2.24, 2.45) is 5.73 Å². The maximum absolute atomic E-state index is 9.94. The summed E-state index contributed by atoms with van der Waals surface area (Å²) in [6, 6.07) is 0. The highest BCUT2D eigenvalue weighted by Gasteiger charge is 1.91. The first-order valence-electron chi connectivity index (χ1n) is 5.36. The molecule has 0 saturated heterocycles. The van der Waals surface area contributed by atoms with Gasteiger partial charge < -0.3 is 29.5 Å². The molecule has 0 aromatic rings. The predicted molar refractivity (Wildman–Crippen MR) is 58.1 cm³/mol. The average molecular weight is 235 g/mol. The van der Waals surface area contributed by atoms with Crippen molar-refractivity contribution in [1.29, 1.82) is 0 Å². The second-order valence-corrected chi connectivity index (χ2v) is 2.87. The normalized spacial score (nSPS) is 10.6. The molecule has 16 heavy (non-hydrogen) atoms. The highest BCUT2D eigenvalue weighted by atomic mass is 16.6. The highest BCUT2D eigenvalue weighted by molar-refractivity contribution is 5.49. The maximum atomic E-state index is 9.94. The Bertz CT molecular complexity index is 145. The largest absolute Gasteiger partial charge is 0.379 e. The summed E-state index contributed by atoms with van der Waals surface area (Å²) in [5, 5.41) is 0. The summed E-state index contributed by atoms with van der Waals surface area (Å²) in [7, 11) is 0. The fourth-order valence-corrected chi connectivity index (χ4v) is 0.875. The Hall–Kier alpha value is -0.530. The van der Waals surface area contributed by atoms with Crippen LogP contribution in [0.15, 0.2) is 0 Å². The lowest BCUT2D eigenvalue weighted by atomic mass is 10.5. The van der Waals surface area contributed by atoms with Gasteiger partial charge in [-0.15, -0.1) is 0 Å². The lowest BCUT2D eigenvalue weighted by Crippen LogP contribution is -2.13. The second-order valence-electron chi connectivity index (χ2n) is 2.87. The maximum Gasteiger partial charge on any atom is 0.122 e. The van der Waals surface area contributed by atoms with E-state index in [1.807, 2.05) is 0 Å². The molecule has 0 aromatic heterocycles. The molecule has 0 aliphatic heterocycles. The van der Waals surface area contributed by atoms with Crippen LogP contribution in [0.1, 0.15) is 6.42 Å². The quantitative estimate of drug-likeness (QED) is 0.265. The molecule has 6 heteroatoms. The van der Waals surface area contributed by atoms with Gasteiger partial charge in [-0.05, 0) is 0 Å². The molecule has 0 aliphatic carbocycles. The summed E-state index contributed by atoms with van der Waals surface area (Å²) in [4.78, 5) is 9.94. The van der Waals surface area contributed by atoms with Crippen molar-refractivity contribution < 1.29 is 23.7 Å². The minimum absolute atomic E-state index is 0.220. The zero-order chi connectivity index (χ0) is 11.9. The van der Waals surface area contributed by atoms with E-state index in [2.05, 4.69) is 0 Å². The molecule has 0 atom stereocenters. The molecular formula is C10H21NO5. The molecule has 0 rings (SSSR count). The van der Waals surface area contributed by atoms with Crippen LogP contribution >= 0.6 is 0 Å². The molecular weight excluding hydrogens is 214 g/mol. The van der Waals surface area contributed by atoms with Gasteiger partial charge in [-0.3, -0.25) is 0 Å². The summed E-state index contributed by atoms with van der Waals surface area (Å²) in [5.74, 6) is 0. The average Bonchev–Trinajstić information content (AvgIpc) is 2.31. The van der Waals surface area contributed by atoms with Crippen molar-refractivity contribution >= 4 is 6.29 Å². The number of carbonyl (C=O) groups is 1. The molecule has 0 heterocycles. The summed E-state index contributed by atoms with van der Waals surface area (Å²) in [5.41, 5.74) is 5.12. The Kier molecular flexibility index (Phi) is 14.0. The van der Waals surface area contributed by atoms with Crippen LogP contribution in [0.2, 0.25) is 0 Å². The molecule has 96 valence electrons. The van der Waals surface area contributed by atoms with Gasteiger partial charge in [0, 0.05) is 6.42 Å². The third-order valence-electron chi connectivity index (χ3n) is 1.61. The van der Waals surface area contributed by atoms with Crippen LogP contribution in [-0.2, 0) is 23.7 Å². The molecule has 0 aromatic carbocycles. The molecule has 0 fully saturated rings.